The number of H-pyrrole nitrogens is 1. The molecule has 0 saturated heterocycles. The second kappa shape index (κ2) is 6.04. The Kier molecular flexibility index (Phi) is 3.73. The van der Waals surface area contributed by atoms with E-state index in [0.717, 1.165) is 35.6 Å². The number of aryl methyl sites for hydroxylation is 2. The van der Waals surface area contributed by atoms with Crippen LogP contribution >= 0.6 is 0 Å². The van der Waals surface area contributed by atoms with E-state index in [1.165, 1.54) is 22.1 Å². The van der Waals surface area contributed by atoms with Crippen molar-refractivity contribution in [3.8, 4) is 22.7 Å². The summed E-state index contributed by atoms with van der Waals surface area (Å²) in [5.41, 5.74) is 6.89. The molecule has 0 aliphatic carbocycles. The molecular formula is C22H21NO. The first-order chi connectivity index (χ1) is 11.7. The van der Waals surface area contributed by atoms with Crippen molar-refractivity contribution in [3.63, 3.8) is 0 Å². The number of para-hydroxylation sites is 1. The Hall–Kier alpha value is -2.74. The number of furan rings is 1. The van der Waals surface area contributed by atoms with Crippen molar-refractivity contribution in [1.29, 1.82) is 0 Å². The van der Waals surface area contributed by atoms with Gasteiger partial charge in [0.2, 0.25) is 0 Å². The van der Waals surface area contributed by atoms with Gasteiger partial charge in [0.15, 0.2) is 5.76 Å². The van der Waals surface area contributed by atoms with Crippen molar-refractivity contribution < 1.29 is 4.42 Å². The molecule has 0 bridgehead atoms. The third-order valence-electron chi connectivity index (χ3n) is 4.46. The van der Waals surface area contributed by atoms with Gasteiger partial charge in [-0.2, -0.15) is 0 Å². The summed E-state index contributed by atoms with van der Waals surface area (Å²) in [4.78, 5) is 3.48. The quantitative estimate of drug-likeness (QED) is 0.466. The van der Waals surface area contributed by atoms with Crippen molar-refractivity contribution in [1.82, 2.24) is 4.98 Å². The SMILES string of the molecule is CCCc1cccc2cc(-c3ccc(-c4ccc(C)cc4)[nH]3)oc12. The maximum Gasteiger partial charge on any atom is 0.151 e. The summed E-state index contributed by atoms with van der Waals surface area (Å²) in [7, 11) is 0. The van der Waals surface area contributed by atoms with Crippen LogP contribution in [0, 0.1) is 6.92 Å². The predicted molar refractivity (Wildman–Crippen MR) is 100 cm³/mol. The number of aromatic nitrogens is 1. The highest BCUT2D eigenvalue weighted by Gasteiger charge is 2.11. The molecule has 0 aliphatic rings. The van der Waals surface area contributed by atoms with Gasteiger partial charge in [0.1, 0.15) is 5.58 Å². The van der Waals surface area contributed by atoms with E-state index in [1.54, 1.807) is 0 Å². The van der Waals surface area contributed by atoms with Gasteiger partial charge in [-0.05, 0) is 42.7 Å². The molecule has 2 nitrogen and oxygen atoms in total. The minimum atomic E-state index is 0.895. The summed E-state index contributed by atoms with van der Waals surface area (Å²) in [6.45, 7) is 4.30. The van der Waals surface area contributed by atoms with E-state index in [-0.39, 0.29) is 0 Å². The molecule has 0 saturated carbocycles. The predicted octanol–water partition coefficient (Wildman–Crippen LogP) is 6.36. The van der Waals surface area contributed by atoms with E-state index < -0.39 is 0 Å². The second-order valence-corrected chi connectivity index (χ2v) is 6.35. The third kappa shape index (κ3) is 2.65. The van der Waals surface area contributed by atoms with Crippen molar-refractivity contribution in [3.05, 3.63) is 71.8 Å². The second-order valence-electron chi connectivity index (χ2n) is 6.35. The van der Waals surface area contributed by atoms with Crippen LogP contribution in [0.1, 0.15) is 24.5 Å². The lowest BCUT2D eigenvalue weighted by Crippen LogP contribution is -1.82. The van der Waals surface area contributed by atoms with Crippen LogP contribution in [0.25, 0.3) is 33.7 Å². The summed E-state index contributed by atoms with van der Waals surface area (Å²) in [6.07, 6.45) is 2.17. The number of aromatic amines is 1. The lowest BCUT2D eigenvalue weighted by atomic mass is 10.1. The van der Waals surface area contributed by atoms with Crippen LogP contribution in [0.2, 0.25) is 0 Å². The molecule has 0 aliphatic heterocycles. The number of hydrogen-bond donors (Lipinski definition) is 1. The Labute approximate surface area is 142 Å². The van der Waals surface area contributed by atoms with Crippen molar-refractivity contribution in [2.24, 2.45) is 0 Å². The fourth-order valence-corrected chi connectivity index (χ4v) is 3.16. The Morgan fingerprint density at radius 3 is 2.50 bits per heavy atom. The monoisotopic (exact) mass is 315 g/mol. The topological polar surface area (TPSA) is 28.9 Å². The zero-order chi connectivity index (χ0) is 16.5. The Morgan fingerprint density at radius 1 is 0.917 bits per heavy atom. The van der Waals surface area contributed by atoms with E-state index in [0.29, 0.717) is 0 Å². The molecule has 2 aromatic carbocycles. The molecule has 0 unspecified atom stereocenters. The van der Waals surface area contributed by atoms with Gasteiger partial charge in [-0.25, -0.2) is 0 Å². The van der Waals surface area contributed by atoms with Crippen LogP contribution < -0.4 is 0 Å². The van der Waals surface area contributed by atoms with E-state index >= 15 is 0 Å². The van der Waals surface area contributed by atoms with E-state index in [9.17, 15) is 0 Å². The normalized spacial score (nSPS) is 11.2. The molecule has 0 spiro atoms. The Morgan fingerprint density at radius 2 is 1.71 bits per heavy atom. The minimum absolute atomic E-state index is 0.895. The standard InChI is InChI=1S/C22H21NO/c1-3-5-17-6-4-7-18-14-21(24-22(17)18)20-13-12-19(23-20)16-10-8-15(2)9-11-16/h4,6-14,23H,3,5H2,1-2H3. The number of benzene rings is 2. The van der Waals surface area contributed by atoms with Crippen LogP contribution in [-0.2, 0) is 6.42 Å². The Bertz CT molecular complexity index is 973. The van der Waals surface area contributed by atoms with Crippen LogP contribution in [-0.4, -0.2) is 4.98 Å². The average Bonchev–Trinajstić information content (AvgIpc) is 3.23. The van der Waals surface area contributed by atoms with Gasteiger partial charge in [0.05, 0.1) is 5.69 Å². The van der Waals surface area contributed by atoms with Crippen molar-refractivity contribution in [2.45, 2.75) is 26.7 Å². The summed E-state index contributed by atoms with van der Waals surface area (Å²) in [6, 6.07) is 21.3. The highest BCUT2D eigenvalue weighted by atomic mass is 16.3. The number of hydrogen-bond acceptors (Lipinski definition) is 1. The van der Waals surface area contributed by atoms with Gasteiger partial charge < -0.3 is 9.40 Å². The smallest absolute Gasteiger partial charge is 0.151 e. The summed E-state index contributed by atoms with van der Waals surface area (Å²) >= 11 is 0. The average molecular weight is 315 g/mol. The van der Waals surface area contributed by atoms with Crippen LogP contribution in [0.15, 0.2) is 65.1 Å². The molecule has 4 aromatic rings. The Balaban J connectivity index is 1.73. The molecule has 0 amide bonds. The van der Waals surface area contributed by atoms with Gasteiger partial charge in [-0.1, -0.05) is 61.4 Å². The molecule has 0 fully saturated rings. The number of rotatable bonds is 4. The number of nitrogens with one attached hydrogen (secondary N) is 1. The van der Waals surface area contributed by atoms with Crippen LogP contribution in [0.5, 0.6) is 0 Å². The summed E-state index contributed by atoms with van der Waals surface area (Å²) in [5.74, 6) is 0.895. The van der Waals surface area contributed by atoms with Gasteiger partial charge in [-0.15, -0.1) is 0 Å². The third-order valence-corrected chi connectivity index (χ3v) is 4.46. The zero-order valence-corrected chi connectivity index (χ0v) is 14.1. The molecule has 4 rings (SSSR count). The van der Waals surface area contributed by atoms with Crippen LogP contribution in [0.3, 0.4) is 0 Å². The minimum Gasteiger partial charge on any atom is -0.454 e. The van der Waals surface area contributed by atoms with Gasteiger partial charge in [0.25, 0.3) is 0 Å². The molecule has 2 heterocycles. The highest BCUT2D eigenvalue weighted by Crippen LogP contribution is 2.31. The molecule has 2 heteroatoms. The van der Waals surface area contributed by atoms with E-state index in [2.05, 4.69) is 79.5 Å². The van der Waals surface area contributed by atoms with Crippen LogP contribution in [0.4, 0.5) is 0 Å². The highest BCUT2D eigenvalue weighted by molar-refractivity contribution is 5.85. The first-order valence-electron chi connectivity index (χ1n) is 8.52. The van der Waals surface area contributed by atoms with Gasteiger partial charge in [-0.3, -0.25) is 0 Å². The molecule has 0 atom stereocenters. The first kappa shape index (κ1) is 14.8. The number of fused-ring (bicyclic) bond motifs is 1. The molecule has 1 N–H and O–H groups in total. The largest absolute Gasteiger partial charge is 0.454 e. The maximum absolute atomic E-state index is 6.17. The first-order valence-corrected chi connectivity index (χ1v) is 8.52. The summed E-state index contributed by atoms with van der Waals surface area (Å²) < 4.78 is 6.17. The molecule has 24 heavy (non-hydrogen) atoms. The molecular weight excluding hydrogens is 294 g/mol. The molecule has 2 aromatic heterocycles. The van der Waals surface area contributed by atoms with E-state index in [1.807, 2.05) is 0 Å². The lowest BCUT2D eigenvalue weighted by molar-refractivity contribution is 0.623. The lowest BCUT2D eigenvalue weighted by Gasteiger charge is -1.99. The maximum atomic E-state index is 6.17. The molecule has 0 radical (unpaired) electrons. The van der Waals surface area contributed by atoms with E-state index in [4.69, 9.17) is 4.42 Å². The fourth-order valence-electron chi connectivity index (χ4n) is 3.16. The van der Waals surface area contributed by atoms with Crippen molar-refractivity contribution >= 4 is 11.0 Å². The van der Waals surface area contributed by atoms with Crippen molar-refractivity contribution in [2.75, 3.05) is 0 Å². The van der Waals surface area contributed by atoms with Gasteiger partial charge >= 0.3 is 0 Å². The zero-order valence-electron chi connectivity index (χ0n) is 14.1. The van der Waals surface area contributed by atoms with Gasteiger partial charge in [0, 0.05) is 11.1 Å². The molecule has 120 valence electrons. The fraction of sp³-hybridized carbons (Fsp3) is 0.182. The summed E-state index contributed by atoms with van der Waals surface area (Å²) in [5, 5.41) is 1.17.